The Hall–Kier alpha value is -1.43. The molecule has 3 nitrogen and oxygen atoms in total. The van der Waals surface area contributed by atoms with Gasteiger partial charge in [0.1, 0.15) is 0 Å². The lowest BCUT2D eigenvalue weighted by Crippen LogP contribution is -1.87. The van der Waals surface area contributed by atoms with Gasteiger partial charge in [0.2, 0.25) is 0 Å². The minimum absolute atomic E-state index is 0.120. The van der Waals surface area contributed by atoms with Crippen molar-refractivity contribution in [1.29, 1.82) is 0 Å². The van der Waals surface area contributed by atoms with Crippen LogP contribution in [-0.2, 0) is 0 Å². The highest BCUT2D eigenvalue weighted by Crippen LogP contribution is 2.23. The predicted octanol–water partition coefficient (Wildman–Crippen LogP) is 3.87. The van der Waals surface area contributed by atoms with Crippen LogP contribution in [0.5, 0.6) is 0 Å². The van der Waals surface area contributed by atoms with Crippen LogP contribution in [0.4, 0.5) is 5.69 Å². The van der Waals surface area contributed by atoms with E-state index >= 15 is 0 Å². The van der Waals surface area contributed by atoms with Gasteiger partial charge in [-0.1, -0.05) is 12.1 Å². The number of hydrogen-bond acceptors (Lipinski definition) is 2. The third-order valence-corrected chi connectivity index (χ3v) is 2.91. The number of rotatable bonds is 2. The van der Waals surface area contributed by atoms with Crippen molar-refractivity contribution in [3.05, 3.63) is 62.2 Å². The average molecular weight is 325 g/mol. The second kappa shape index (κ2) is 4.61. The molecule has 16 heavy (non-hydrogen) atoms. The maximum Gasteiger partial charge on any atom is 0.269 e. The maximum absolute atomic E-state index is 10.5. The van der Waals surface area contributed by atoms with Crippen molar-refractivity contribution in [1.82, 2.24) is 0 Å². The van der Waals surface area contributed by atoms with E-state index in [9.17, 15) is 10.1 Å². The fourth-order valence-electron chi connectivity index (χ4n) is 1.44. The molecule has 2 aromatic carbocycles. The maximum atomic E-state index is 10.5. The highest BCUT2D eigenvalue weighted by atomic mass is 127. The second-order valence-electron chi connectivity index (χ2n) is 3.31. The molecule has 0 spiro atoms. The number of nitro groups is 1. The van der Waals surface area contributed by atoms with Crippen LogP contribution < -0.4 is 0 Å². The van der Waals surface area contributed by atoms with Crippen LogP contribution in [0.2, 0.25) is 0 Å². The van der Waals surface area contributed by atoms with Crippen LogP contribution in [-0.4, -0.2) is 4.92 Å². The van der Waals surface area contributed by atoms with Crippen LogP contribution in [0.25, 0.3) is 11.1 Å². The molecule has 0 aliphatic rings. The van der Waals surface area contributed by atoms with Crippen molar-refractivity contribution >= 4 is 28.3 Å². The molecule has 0 N–H and O–H groups in total. The van der Waals surface area contributed by atoms with Crippen molar-refractivity contribution in [2.24, 2.45) is 0 Å². The van der Waals surface area contributed by atoms with E-state index < -0.39 is 4.92 Å². The van der Waals surface area contributed by atoms with Gasteiger partial charge < -0.3 is 0 Å². The van der Waals surface area contributed by atoms with Gasteiger partial charge in [0.05, 0.1) is 4.92 Å². The van der Waals surface area contributed by atoms with Crippen molar-refractivity contribution in [3.63, 3.8) is 0 Å². The summed E-state index contributed by atoms with van der Waals surface area (Å²) in [5.74, 6) is 0. The zero-order valence-corrected chi connectivity index (χ0v) is 10.4. The van der Waals surface area contributed by atoms with Crippen LogP contribution in [0, 0.1) is 13.7 Å². The Kier molecular flexibility index (Phi) is 3.19. The van der Waals surface area contributed by atoms with Crippen molar-refractivity contribution in [2.45, 2.75) is 0 Å². The SMILES string of the molecule is O=[N+]([O-])c1ccc(-c2cccc(I)c2)cc1. The zero-order valence-electron chi connectivity index (χ0n) is 8.26. The summed E-state index contributed by atoms with van der Waals surface area (Å²) < 4.78 is 1.15. The summed E-state index contributed by atoms with van der Waals surface area (Å²) in [6, 6.07) is 14.6. The molecule has 0 saturated carbocycles. The standard InChI is InChI=1S/C12H8INO2/c13-11-3-1-2-10(8-11)9-4-6-12(7-5-9)14(15)16/h1-8H. The van der Waals surface area contributed by atoms with Gasteiger partial charge in [0.25, 0.3) is 5.69 Å². The molecule has 0 fully saturated rings. The Morgan fingerprint density at radius 2 is 1.69 bits per heavy atom. The van der Waals surface area contributed by atoms with Gasteiger partial charge in [-0.25, -0.2) is 0 Å². The number of nitrogens with zero attached hydrogens (tertiary/aromatic N) is 1. The monoisotopic (exact) mass is 325 g/mol. The summed E-state index contributed by atoms with van der Waals surface area (Å²) in [6.45, 7) is 0. The van der Waals surface area contributed by atoms with E-state index in [0.29, 0.717) is 0 Å². The van der Waals surface area contributed by atoms with Gasteiger partial charge in [-0.2, -0.15) is 0 Å². The highest BCUT2D eigenvalue weighted by molar-refractivity contribution is 14.1. The molecule has 0 radical (unpaired) electrons. The summed E-state index contributed by atoms with van der Waals surface area (Å²) in [6.07, 6.45) is 0. The first-order valence-electron chi connectivity index (χ1n) is 4.67. The Balaban J connectivity index is 2.38. The number of hydrogen-bond donors (Lipinski definition) is 0. The Bertz CT molecular complexity index is 523. The smallest absolute Gasteiger partial charge is 0.258 e. The molecule has 80 valence electrons. The van der Waals surface area contributed by atoms with E-state index in [1.807, 2.05) is 24.3 Å². The summed E-state index contributed by atoms with van der Waals surface area (Å²) in [7, 11) is 0. The fourth-order valence-corrected chi connectivity index (χ4v) is 1.99. The van der Waals surface area contributed by atoms with E-state index in [-0.39, 0.29) is 5.69 Å². The minimum atomic E-state index is -0.390. The first kappa shape index (κ1) is 11.1. The molecule has 0 aromatic heterocycles. The lowest BCUT2D eigenvalue weighted by Gasteiger charge is -2.01. The summed E-state index contributed by atoms with van der Waals surface area (Å²) in [5.41, 5.74) is 2.18. The first-order chi connectivity index (χ1) is 7.66. The molecule has 0 aliphatic carbocycles. The van der Waals surface area contributed by atoms with Crippen molar-refractivity contribution < 1.29 is 4.92 Å². The number of benzene rings is 2. The summed E-state index contributed by atoms with van der Waals surface area (Å²) >= 11 is 2.24. The normalized spacial score (nSPS) is 10.1. The van der Waals surface area contributed by atoms with Gasteiger partial charge in [0, 0.05) is 15.7 Å². The van der Waals surface area contributed by atoms with Gasteiger partial charge in [0.15, 0.2) is 0 Å². The Morgan fingerprint density at radius 3 is 2.25 bits per heavy atom. The van der Waals surface area contributed by atoms with Gasteiger partial charge in [-0.15, -0.1) is 0 Å². The minimum Gasteiger partial charge on any atom is -0.258 e. The highest BCUT2D eigenvalue weighted by Gasteiger charge is 2.04. The molecule has 0 unspecified atom stereocenters. The largest absolute Gasteiger partial charge is 0.269 e. The first-order valence-corrected chi connectivity index (χ1v) is 5.75. The fraction of sp³-hybridized carbons (Fsp3) is 0. The summed E-state index contributed by atoms with van der Waals surface area (Å²) in [5, 5.41) is 10.5. The van der Waals surface area contributed by atoms with Crippen LogP contribution in [0.15, 0.2) is 48.5 Å². The van der Waals surface area contributed by atoms with Crippen molar-refractivity contribution in [3.8, 4) is 11.1 Å². The summed E-state index contributed by atoms with van der Waals surface area (Å²) in [4.78, 5) is 10.1. The number of halogens is 1. The van der Waals surface area contributed by atoms with E-state index in [1.165, 1.54) is 12.1 Å². The van der Waals surface area contributed by atoms with E-state index in [0.717, 1.165) is 14.7 Å². The molecule has 0 aliphatic heterocycles. The van der Waals surface area contributed by atoms with Gasteiger partial charge >= 0.3 is 0 Å². The second-order valence-corrected chi connectivity index (χ2v) is 4.56. The Labute approximate surface area is 106 Å². The molecule has 0 amide bonds. The van der Waals surface area contributed by atoms with Crippen LogP contribution >= 0.6 is 22.6 Å². The molecule has 0 bridgehead atoms. The lowest BCUT2D eigenvalue weighted by atomic mass is 10.1. The average Bonchev–Trinajstić information content (AvgIpc) is 2.29. The molecule has 2 aromatic rings. The topological polar surface area (TPSA) is 43.1 Å². The lowest BCUT2D eigenvalue weighted by molar-refractivity contribution is -0.384. The quantitative estimate of drug-likeness (QED) is 0.478. The molecule has 4 heteroatoms. The number of non-ortho nitro benzene ring substituents is 1. The van der Waals surface area contributed by atoms with E-state index in [4.69, 9.17) is 0 Å². The third-order valence-electron chi connectivity index (χ3n) is 2.24. The van der Waals surface area contributed by atoms with E-state index in [2.05, 4.69) is 22.6 Å². The predicted molar refractivity (Wildman–Crippen MR) is 71.2 cm³/mol. The van der Waals surface area contributed by atoms with Crippen LogP contribution in [0.1, 0.15) is 0 Å². The molecule has 0 heterocycles. The van der Waals surface area contributed by atoms with Crippen molar-refractivity contribution in [2.75, 3.05) is 0 Å². The van der Waals surface area contributed by atoms with Gasteiger partial charge in [-0.3, -0.25) is 10.1 Å². The molecule has 0 atom stereocenters. The molecule has 2 rings (SSSR count). The Morgan fingerprint density at radius 1 is 1.00 bits per heavy atom. The van der Waals surface area contributed by atoms with Crippen LogP contribution in [0.3, 0.4) is 0 Å². The number of nitro benzene ring substituents is 1. The van der Waals surface area contributed by atoms with Gasteiger partial charge in [-0.05, 0) is 58.0 Å². The molecule has 0 saturated heterocycles. The third kappa shape index (κ3) is 2.38. The molecular formula is C12H8INO2. The zero-order chi connectivity index (χ0) is 11.5. The van der Waals surface area contributed by atoms with E-state index in [1.54, 1.807) is 12.1 Å². The molecular weight excluding hydrogens is 317 g/mol.